The molecule has 4 atom stereocenters. The molecule has 3 fully saturated rings. The van der Waals surface area contributed by atoms with Gasteiger partial charge < -0.3 is 20.9 Å². The normalized spacial score (nSPS) is 24.6. The molecule has 1 heterocycles. The lowest BCUT2D eigenvalue weighted by molar-refractivity contribution is -0.151. The number of ketones is 2. The fourth-order valence-corrected chi connectivity index (χ4v) is 8.07. The summed E-state index contributed by atoms with van der Waals surface area (Å²) >= 11 is 0. The highest BCUT2D eigenvalue weighted by molar-refractivity contribution is 7.91. The predicted molar refractivity (Wildman–Crippen MR) is 173 cm³/mol. The van der Waals surface area contributed by atoms with Crippen molar-refractivity contribution < 1.29 is 32.4 Å². The second-order valence-corrected chi connectivity index (χ2v) is 18.0. The maximum atomic E-state index is 14.4. The quantitative estimate of drug-likeness (QED) is 0.272. The highest BCUT2D eigenvalue weighted by atomic mass is 32.2. The number of amides is 4. The van der Waals surface area contributed by atoms with Crippen LogP contribution in [0.1, 0.15) is 113 Å². The number of hydrogen-bond acceptors (Lipinski definition) is 7. The Morgan fingerprint density at radius 3 is 2.09 bits per heavy atom. The first-order chi connectivity index (χ1) is 20.7. The molecule has 2 unspecified atom stereocenters. The van der Waals surface area contributed by atoms with Crippen LogP contribution in [0.15, 0.2) is 0 Å². The van der Waals surface area contributed by atoms with Gasteiger partial charge in [-0.2, -0.15) is 0 Å². The minimum Gasteiger partial charge on any atom is -0.344 e. The molecule has 1 saturated heterocycles. The molecule has 2 saturated carbocycles. The third kappa shape index (κ3) is 9.75. The average molecular weight is 653 g/mol. The maximum Gasteiger partial charge on any atom is 0.315 e. The Morgan fingerprint density at radius 1 is 0.978 bits per heavy atom. The monoisotopic (exact) mass is 652 g/mol. The number of urea groups is 1. The van der Waals surface area contributed by atoms with Gasteiger partial charge in [-0.05, 0) is 48.3 Å². The molecular weight excluding hydrogens is 596 g/mol. The molecule has 3 N–H and O–H groups in total. The van der Waals surface area contributed by atoms with Crippen LogP contribution in [0.5, 0.6) is 0 Å². The second kappa shape index (κ2) is 14.1. The summed E-state index contributed by atoms with van der Waals surface area (Å²) in [6.45, 7) is 14.7. The number of rotatable bonds is 12. The number of sulfone groups is 1. The Bertz CT molecular complexity index is 1250. The van der Waals surface area contributed by atoms with Crippen LogP contribution < -0.4 is 16.0 Å². The van der Waals surface area contributed by atoms with Gasteiger partial charge in [0, 0.05) is 19.2 Å². The van der Waals surface area contributed by atoms with E-state index < -0.39 is 68.3 Å². The van der Waals surface area contributed by atoms with E-state index in [1.54, 1.807) is 6.92 Å². The van der Waals surface area contributed by atoms with Gasteiger partial charge in [-0.15, -0.1) is 0 Å². The van der Waals surface area contributed by atoms with Crippen molar-refractivity contribution in [2.24, 2.45) is 22.7 Å². The molecule has 1 aliphatic heterocycles. The molecule has 11 nitrogen and oxygen atoms in total. The van der Waals surface area contributed by atoms with Crippen molar-refractivity contribution in [2.45, 2.75) is 137 Å². The van der Waals surface area contributed by atoms with Crippen LogP contribution in [0.3, 0.4) is 0 Å². The first-order valence-electron chi connectivity index (χ1n) is 16.6. The minimum atomic E-state index is -3.38. The third-order valence-corrected chi connectivity index (χ3v) is 12.1. The van der Waals surface area contributed by atoms with Crippen LogP contribution in [-0.4, -0.2) is 84.4 Å². The second-order valence-electron chi connectivity index (χ2n) is 15.7. The van der Waals surface area contributed by atoms with Gasteiger partial charge in [0.25, 0.3) is 0 Å². The topological polar surface area (TPSA) is 159 Å². The van der Waals surface area contributed by atoms with Crippen molar-refractivity contribution in [3.8, 4) is 0 Å². The number of hydrogen-bond donors (Lipinski definition) is 3. The van der Waals surface area contributed by atoms with Crippen molar-refractivity contribution in [1.82, 2.24) is 20.9 Å². The summed E-state index contributed by atoms with van der Waals surface area (Å²) in [4.78, 5) is 68.1. The highest BCUT2D eigenvalue weighted by Gasteiger charge is 2.48. The molecular formula is C33H56N4O7S. The fraction of sp³-hybridized carbons (Fsp3) is 0.848. The molecule has 0 aromatic heterocycles. The summed E-state index contributed by atoms with van der Waals surface area (Å²) in [5.74, 6) is -2.01. The molecule has 2 aliphatic carbocycles. The van der Waals surface area contributed by atoms with Crippen LogP contribution >= 0.6 is 0 Å². The van der Waals surface area contributed by atoms with Crippen molar-refractivity contribution in [3.05, 3.63) is 0 Å². The molecule has 0 aromatic carbocycles. The largest absolute Gasteiger partial charge is 0.344 e. The number of piperidine rings is 1. The smallest absolute Gasteiger partial charge is 0.315 e. The molecule has 3 aliphatic rings. The van der Waals surface area contributed by atoms with E-state index in [9.17, 15) is 32.4 Å². The van der Waals surface area contributed by atoms with Gasteiger partial charge in [-0.3, -0.25) is 19.2 Å². The van der Waals surface area contributed by atoms with Gasteiger partial charge >= 0.3 is 6.03 Å². The summed E-state index contributed by atoms with van der Waals surface area (Å²) < 4.78 is 25.3. The van der Waals surface area contributed by atoms with E-state index in [0.29, 0.717) is 25.7 Å². The molecule has 0 radical (unpaired) electrons. The van der Waals surface area contributed by atoms with Crippen LogP contribution in [0.4, 0.5) is 4.79 Å². The number of nitrogens with one attached hydrogen (secondary N) is 3. The molecule has 12 heteroatoms. The minimum absolute atomic E-state index is 0.0202. The molecule has 0 spiro atoms. The lowest BCUT2D eigenvalue weighted by Gasteiger charge is -2.49. The van der Waals surface area contributed by atoms with E-state index >= 15 is 0 Å². The van der Waals surface area contributed by atoms with E-state index in [-0.39, 0.29) is 35.3 Å². The van der Waals surface area contributed by atoms with Crippen molar-refractivity contribution >= 4 is 39.2 Å². The van der Waals surface area contributed by atoms with Crippen molar-refractivity contribution in [2.75, 3.05) is 18.1 Å². The maximum absolute atomic E-state index is 14.4. The summed E-state index contributed by atoms with van der Waals surface area (Å²) in [7, 11) is -3.38. The Balaban J connectivity index is 1.87. The van der Waals surface area contributed by atoms with Gasteiger partial charge in [0.15, 0.2) is 15.6 Å². The predicted octanol–water partition coefficient (Wildman–Crippen LogP) is 3.54. The van der Waals surface area contributed by atoms with Gasteiger partial charge in [-0.1, -0.05) is 80.6 Å². The van der Waals surface area contributed by atoms with Gasteiger partial charge in [0.2, 0.25) is 17.6 Å². The average Bonchev–Trinajstić information content (AvgIpc) is 3.75. The molecule has 4 amide bonds. The van der Waals surface area contributed by atoms with E-state index in [0.717, 1.165) is 32.1 Å². The lowest BCUT2D eigenvalue weighted by Crippen LogP contribution is -2.66. The fourth-order valence-electron chi connectivity index (χ4n) is 6.67. The zero-order valence-corrected chi connectivity index (χ0v) is 29.4. The van der Waals surface area contributed by atoms with E-state index in [1.165, 1.54) is 11.8 Å². The summed E-state index contributed by atoms with van der Waals surface area (Å²) in [5.41, 5.74) is -1.95. The SMILES string of the molecule is CCS(=O)(=O)CC1(NC(=O)N[C@H](C(=O)N2CC(C)C(C)(C)C[C@H]2C(=O)NC(CC2CC2)C(=O)C(C)=O)C(C)(C)C)CCCCC1. The molecule has 0 aromatic rings. The summed E-state index contributed by atoms with van der Waals surface area (Å²) in [6.07, 6.45) is 6.27. The molecule has 3 rings (SSSR count). The van der Waals surface area contributed by atoms with E-state index in [2.05, 4.69) is 16.0 Å². The van der Waals surface area contributed by atoms with Crippen LogP contribution in [0.25, 0.3) is 0 Å². The Kier molecular flexibility index (Phi) is 11.6. The van der Waals surface area contributed by atoms with Gasteiger partial charge in [-0.25, -0.2) is 13.2 Å². The third-order valence-electron chi connectivity index (χ3n) is 10.2. The zero-order chi connectivity index (χ0) is 34.0. The number of carbonyl (C=O) groups excluding carboxylic acids is 5. The number of carbonyl (C=O) groups is 5. The standard InChI is InChI=1S/C33H56N4O7S/c1-9-45(43,44)20-33(15-11-10-12-16-33)36-30(42)35-27(31(4,5)6)29(41)37-19-21(2)32(7,8)18-25(37)28(40)34-24(17-23-13-14-23)26(39)22(3)38/h21,23-25,27H,9-20H2,1-8H3,(H,34,40)(H2,35,36,42)/t21?,24?,25-,27+/m0/s1. The molecule has 45 heavy (non-hydrogen) atoms. The first-order valence-corrected chi connectivity index (χ1v) is 18.5. The first kappa shape index (κ1) is 37.0. The number of Topliss-reactive ketones (excluding diaryl/α,β-unsaturated/α-hetero) is 2. The van der Waals surface area contributed by atoms with Gasteiger partial charge in [0.05, 0.1) is 17.3 Å². The zero-order valence-electron chi connectivity index (χ0n) is 28.6. The van der Waals surface area contributed by atoms with Gasteiger partial charge in [0.1, 0.15) is 12.1 Å². The van der Waals surface area contributed by atoms with Crippen LogP contribution in [-0.2, 0) is 29.0 Å². The van der Waals surface area contributed by atoms with E-state index in [4.69, 9.17) is 0 Å². The number of likely N-dealkylation sites (tertiary alicyclic amines) is 1. The molecule has 256 valence electrons. The van der Waals surface area contributed by atoms with Crippen molar-refractivity contribution in [1.29, 1.82) is 0 Å². The Morgan fingerprint density at radius 2 is 1.58 bits per heavy atom. The summed E-state index contributed by atoms with van der Waals surface area (Å²) in [5, 5.41) is 8.65. The Labute approximate surface area is 269 Å². The van der Waals surface area contributed by atoms with E-state index in [1.807, 2.05) is 41.5 Å². The summed E-state index contributed by atoms with van der Waals surface area (Å²) in [6, 6.07) is -3.47. The number of nitrogens with zero attached hydrogens (tertiary/aromatic N) is 1. The van der Waals surface area contributed by atoms with Crippen LogP contribution in [0.2, 0.25) is 0 Å². The van der Waals surface area contributed by atoms with Crippen molar-refractivity contribution in [3.63, 3.8) is 0 Å². The highest BCUT2D eigenvalue weighted by Crippen LogP contribution is 2.40. The lowest BCUT2D eigenvalue weighted by atomic mass is 9.71. The molecule has 0 bridgehead atoms. The Hall–Kier alpha value is -2.50. The van der Waals surface area contributed by atoms with Crippen LogP contribution in [0, 0.1) is 22.7 Å².